The number of nitrogens with zero attached hydrogens (tertiary/aromatic N) is 6. The van der Waals surface area contributed by atoms with Crippen molar-refractivity contribution < 1.29 is 9.32 Å². The molecule has 0 fully saturated rings. The minimum atomic E-state index is -0.514. The van der Waals surface area contributed by atoms with Crippen LogP contribution in [-0.4, -0.2) is 43.2 Å². The normalized spacial score (nSPS) is 11.9. The summed E-state index contributed by atoms with van der Waals surface area (Å²) in [4.78, 5) is 14.5. The van der Waals surface area contributed by atoms with Crippen molar-refractivity contribution in [1.29, 1.82) is 0 Å². The van der Waals surface area contributed by atoms with Crippen LogP contribution < -0.4 is 0 Å². The van der Waals surface area contributed by atoms with Gasteiger partial charge in [0.1, 0.15) is 12.3 Å². The highest BCUT2D eigenvalue weighted by Crippen LogP contribution is 2.29. The minimum Gasteiger partial charge on any atom is -0.364 e. The zero-order chi connectivity index (χ0) is 19.5. The maximum Gasteiger partial charge on any atom is 0.276 e. The predicted octanol–water partition coefficient (Wildman–Crippen LogP) is 2.82. The van der Waals surface area contributed by atoms with Crippen LogP contribution in [0.3, 0.4) is 0 Å². The lowest BCUT2D eigenvalue weighted by atomic mass is 10.0. The van der Waals surface area contributed by atoms with E-state index in [-0.39, 0.29) is 11.6 Å². The van der Waals surface area contributed by atoms with E-state index in [1.54, 1.807) is 16.6 Å². The number of rotatable bonds is 5. The average molecular weight is 374 g/mol. The van der Waals surface area contributed by atoms with E-state index in [0.29, 0.717) is 5.82 Å². The van der Waals surface area contributed by atoms with Crippen LogP contribution in [0.4, 0.5) is 0 Å². The van der Waals surface area contributed by atoms with Gasteiger partial charge in [0.2, 0.25) is 0 Å². The second-order valence-electron chi connectivity index (χ2n) is 6.35. The average Bonchev–Trinajstić information content (AvgIpc) is 3.41. The summed E-state index contributed by atoms with van der Waals surface area (Å²) in [5.41, 5.74) is 2.98. The highest BCUT2D eigenvalue weighted by Gasteiger charge is 2.31. The van der Waals surface area contributed by atoms with Gasteiger partial charge in [-0.15, -0.1) is 5.10 Å². The van der Waals surface area contributed by atoms with Crippen LogP contribution >= 0.6 is 0 Å². The molecule has 1 amide bonds. The Morgan fingerprint density at radius 2 is 1.82 bits per heavy atom. The molecular formula is C20H18N6O2. The molecule has 2 heterocycles. The highest BCUT2D eigenvalue weighted by molar-refractivity contribution is 5.92. The van der Waals surface area contributed by atoms with Crippen LogP contribution in [0.2, 0.25) is 0 Å². The number of carbonyl (C=O) groups is 1. The third-order valence-corrected chi connectivity index (χ3v) is 4.56. The van der Waals surface area contributed by atoms with Gasteiger partial charge in [0.25, 0.3) is 5.91 Å². The van der Waals surface area contributed by atoms with E-state index in [0.717, 1.165) is 16.8 Å². The Balaban J connectivity index is 1.83. The van der Waals surface area contributed by atoms with Crippen molar-refractivity contribution >= 4 is 5.91 Å². The van der Waals surface area contributed by atoms with Gasteiger partial charge < -0.3 is 9.42 Å². The Morgan fingerprint density at radius 3 is 2.54 bits per heavy atom. The monoisotopic (exact) mass is 374 g/mol. The first-order chi connectivity index (χ1) is 13.7. The first kappa shape index (κ1) is 17.6. The summed E-state index contributed by atoms with van der Waals surface area (Å²) < 4.78 is 6.49. The van der Waals surface area contributed by atoms with Crippen LogP contribution in [0.1, 0.15) is 33.5 Å². The number of benzene rings is 2. The molecule has 28 heavy (non-hydrogen) atoms. The lowest BCUT2D eigenvalue weighted by Gasteiger charge is -2.27. The van der Waals surface area contributed by atoms with Crippen LogP contribution in [0.25, 0.3) is 5.69 Å². The molecule has 140 valence electrons. The summed E-state index contributed by atoms with van der Waals surface area (Å²) in [6.07, 6.45) is 1.37. The second-order valence-corrected chi connectivity index (χ2v) is 6.35. The van der Waals surface area contributed by atoms with Crippen molar-refractivity contribution in [3.8, 4) is 5.69 Å². The summed E-state index contributed by atoms with van der Waals surface area (Å²) in [6.45, 7) is 1.99. The van der Waals surface area contributed by atoms with Crippen molar-refractivity contribution in [3.63, 3.8) is 0 Å². The lowest BCUT2D eigenvalue weighted by molar-refractivity contribution is 0.0738. The molecule has 4 aromatic rings. The zero-order valence-corrected chi connectivity index (χ0v) is 15.4. The van der Waals surface area contributed by atoms with Crippen LogP contribution in [0.15, 0.2) is 71.4 Å². The van der Waals surface area contributed by atoms with Gasteiger partial charge in [0, 0.05) is 13.1 Å². The topological polar surface area (TPSA) is 89.9 Å². The Kier molecular flexibility index (Phi) is 4.67. The molecule has 0 bridgehead atoms. The number of carbonyl (C=O) groups excluding carboxylic acids is 1. The molecule has 0 aliphatic heterocycles. The molecule has 0 spiro atoms. The van der Waals surface area contributed by atoms with E-state index in [4.69, 9.17) is 4.52 Å². The lowest BCUT2D eigenvalue weighted by Crippen LogP contribution is -2.34. The molecule has 1 atom stereocenters. The standard InChI is InChI=1S/C20H18N6O2/c1-14-8-6-7-11-17(14)26-19(21-23-24-26)18(15-9-4-3-5-10-15)25(2)20(27)16-12-13-28-22-16/h3-13,18H,1-2H3. The van der Waals surface area contributed by atoms with E-state index < -0.39 is 6.04 Å². The molecule has 0 aliphatic carbocycles. The summed E-state index contributed by atoms with van der Waals surface area (Å²) in [5, 5.41) is 16.1. The zero-order valence-electron chi connectivity index (χ0n) is 15.4. The van der Waals surface area contributed by atoms with Gasteiger partial charge >= 0.3 is 0 Å². The van der Waals surface area contributed by atoms with Crippen molar-refractivity contribution in [2.75, 3.05) is 7.05 Å². The molecule has 0 N–H and O–H groups in total. The third kappa shape index (κ3) is 3.16. The van der Waals surface area contributed by atoms with Gasteiger partial charge in [-0.2, -0.15) is 4.68 Å². The van der Waals surface area contributed by atoms with Gasteiger partial charge in [-0.25, -0.2) is 0 Å². The molecule has 0 saturated carbocycles. The van der Waals surface area contributed by atoms with Crippen LogP contribution in [0.5, 0.6) is 0 Å². The maximum absolute atomic E-state index is 13.0. The van der Waals surface area contributed by atoms with Crippen molar-refractivity contribution in [2.24, 2.45) is 0 Å². The van der Waals surface area contributed by atoms with Crippen LogP contribution in [-0.2, 0) is 0 Å². The van der Waals surface area contributed by atoms with E-state index in [1.807, 2.05) is 61.5 Å². The molecule has 8 nitrogen and oxygen atoms in total. The number of hydrogen-bond acceptors (Lipinski definition) is 6. The largest absolute Gasteiger partial charge is 0.364 e. The number of aromatic nitrogens is 5. The molecule has 0 aliphatic rings. The predicted molar refractivity (Wildman–Crippen MR) is 101 cm³/mol. The fourth-order valence-corrected chi connectivity index (χ4v) is 3.14. The number of amides is 1. The van der Waals surface area contributed by atoms with Gasteiger partial charge in [0.15, 0.2) is 11.5 Å². The second kappa shape index (κ2) is 7.43. The molecule has 2 aromatic carbocycles. The van der Waals surface area contributed by atoms with E-state index in [1.165, 1.54) is 12.3 Å². The Labute approximate surface area is 161 Å². The quantitative estimate of drug-likeness (QED) is 0.534. The summed E-state index contributed by atoms with van der Waals surface area (Å²) in [6, 6.07) is 18.5. The Morgan fingerprint density at radius 1 is 1.07 bits per heavy atom. The number of aryl methyl sites for hydroxylation is 1. The number of para-hydroxylation sites is 1. The first-order valence-electron chi connectivity index (χ1n) is 8.73. The third-order valence-electron chi connectivity index (χ3n) is 4.56. The molecule has 2 aromatic heterocycles. The van der Waals surface area contributed by atoms with Crippen molar-refractivity contribution in [3.05, 3.63) is 89.6 Å². The molecule has 4 rings (SSSR count). The summed E-state index contributed by atoms with van der Waals surface area (Å²) >= 11 is 0. The van der Waals surface area contributed by atoms with Crippen LogP contribution in [0, 0.1) is 6.92 Å². The van der Waals surface area contributed by atoms with E-state index in [2.05, 4.69) is 20.7 Å². The van der Waals surface area contributed by atoms with E-state index >= 15 is 0 Å². The molecule has 0 saturated heterocycles. The first-order valence-corrected chi connectivity index (χ1v) is 8.73. The highest BCUT2D eigenvalue weighted by atomic mass is 16.5. The Bertz CT molecular complexity index is 1080. The molecular weight excluding hydrogens is 356 g/mol. The fourth-order valence-electron chi connectivity index (χ4n) is 3.14. The minimum absolute atomic E-state index is 0.221. The van der Waals surface area contributed by atoms with Gasteiger partial charge in [-0.05, 0) is 34.5 Å². The fraction of sp³-hybridized carbons (Fsp3) is 0.150. The maximum atomic E-state index is 13.0. The number of tetrazole rings is 1. The smallest absolute Gasteiger partial charge is 0.276 e. The molecule has 1 unspecified atom stereocenters. The molecule has 8 heteroatoms. The van der Waals surface area contributed by atoms with Gasteiger partial charge in [0.05, 0.1) is 5.69 Å². The van der Waals surface area contributed by atoms with Crippen molar-refractivity contribution in [1.82, 2.24) is 30.3 Å². The molecule has 0 radical (unpaired) electrons. The SMILES string of the molecule is Cc1ccccc1-n1nnnc1C(c1ccccc1)N(C)C(=O)c1ccon1. The van der Waals surface area contributed by atoms with Gasteiger partial charge in [-0.3, -0.25) is 4.79 Å². The summed E-state index contributed by atoms with van der Waals surface area (Å²) in [5.74, 6) is 0.238. The summed E-state index contributed by atoms with van der Waals surface area (Å²) in [7, 11) is 1.70. The van der Waals surface area contributed by atoms with E-state index in [9.17, 15) is 4.79 Å². The van der Waals surface area contributed by atoms with Crippen molar-refractivity contribution in [2.45, 2.75) is 13.0 Å². The Hall–Kier alpha value is -3.81. The van der Waals surface area contributed by atoms with Gasteiger partial charge in [-0.1, -0.05) is 53.7 Å². The number of hydrogen-bond donors (Lipinski definition) is 0.